The summed E-state index contributed by atoms with van der Waals surface area (Å²) in [7, 11) is 5.17. The van der Waals surface area contributed by atoms with Crippen LogP contribution in [0.5, 0.6) is 11.5 Å². The largest absolute Gasteiger partial charge is 0.497 e. The second-order valence-corrected chi connectivity index (χ2v) is 5.57. The van der Waals surface area contributed by atoms with E-state index in [2.05, 4.69) is 44.9 Å². The van der Waals surface area contributed by atoms with E-state index >= 15 is 0 Å². The Labute approximate surface area is 147 Å². The van der Waals surface area contributed by atoms with Gasteiger partial charge < -0.3 is 20.1 Å². The minimum absolute atomic E-state index is 0.691. The van der Waals surface area contributed by atoms with Crippen molar-refractivity contribution in [3.8, 4) is 11.5 Å². The number of benzene rings is 2. The maximum Gasteiger partial charge on any atom is 0.141 e. The van der Waals surface area contributed by atoms with Crippen molar-refractivity contribution in [2.75, 3.05) is 38.4 Å². The second-order valence-electron chi connectivity index (χ2n) is 5.57. The molecule has 6 heteroatoms. The Hall–Kier alpha value is -3.02. The maximum atomic E-state index is 5.49. The van der Waals surface area contributed by atoms with Crippen molar-refractivity contribution >= 4 is 22.4 Å². The molecule has 1 heterocycles. The highest BCUT2D eigenvalue weighted by molar-refractivity contribution is 5.95. The summed E-state index contributed by atoms with van der Waals surface area (Å²) < 4.78 is 10.8. The molecule has 0 atom stereocenters. The van der Waals surface area contributed by atoms with E-state index in [-0.39, 0.29) is 0 Å². The minimum atomic E-state index is 0.691. The van der Waals surface area contributed by atoms with Gasteiger partial charge in [0.15, 0.2) is 0 Å². The van der Waals surface area contributed by atoms with Crippen LogP contribution < -0.4 is 20.1 Å². The first-order valence-electron chi connectivity index (χ1n) is 8.12. The van der Waals surface area contributed by atoms with Gasteiger partial charge in [-0.05, 0) is 24.1 Å². The molecule has 0 bridgehead atoms. The normalized spacial score (nSPS) is 10.5. The van der Waals surface area contributed by atoms with Crippen LogP contribution in [0.3, 0.4) is 0 Å². The number of hydrogen-bond donors (Lipinski definition) is 2. The van der Waals surface area contributed by atoms with Crippen LogP contribution in [0.15, 0.2) is 42.7 Å². The molecule has 2 N–H and O–H groups in total. The number of aromatic nitrogens is 2. The van der Waals surface area contributed by atoms with Crippen molar-refractivity contribution in [3.05, 3.63) is 48.3 Å². The third-order valence-electron chi connectivity index (χ3n) is 4.08. The summed E-state index contributed by atoms with van der Waals surface area (Å²) in [5.41, 5.74) is 3.16. The molecule has 25 heavy (non-hydrogen) atoms. The molecule has 2 aromatic carbocycles. The number of anilines is 2. The average molecular weight is 338 g/mol. The first-order chi connectivity index (χ1) is 12.2. The van der Waals surface area contributed by atoms with Crippen LogP contribution in [-0.4, -0.2) is 37.8 Å². The smallest absolute Gasteiger partial charge is 0.141 e. The van der Waals surface area contributed by atoms with E-state index in [1.54, 1.807) is 20.5 Å². The molecular weight excluding hydrogens is 316 g/mol. The highest BCUT2D eigenvalue weighted by Crippen LogP contribution is 2.33. The van der Waals surface area contributed by atoms with E-state index in [1.165, 1.54) is 5.56 Å². The zero-order valence-corrected chi connectivity index (χ0v) is 14.7. The molecule has 0 amide bonds. The van der Waals surface area contributed by atoms with E-state index in [0.717, 1.165) is 35.4 Å². The summed E-state index contributed by atoms with van der Waals surface area (Å²) in [5, 5.41) is 7.37. The van der Waals surface area contributed by atoms with Crippen LogP contribution in [0, 0.1) is 0 Å². The Kier molecular flexibility index (Phi) is 5.18. The minimum Gasteiger partial charge on any atom is -0.497 e. The second kappa shape index (κ2) is 7.70. The number of fused-ring (bicyclic) bond motifs is 1. The predicted molar refractivity (Wildman–Crippen MR) is 101 cm³/mol. The monoisotopic (exact) mass is 338 g/mol. The van der Waals surface area contributed by atoms with E-state index in [0.29, 0.717) is 11.5 Å². The number of methoxy groups -OCH3 is 2. The van der Waals surface area contributed by atoms with Gasteiger partial charge in [0, 0.05) is 31.4 Å². The lowest BCUT2D eigenvalue weighted by atomic mass is 10.1. The van der Waals surface area contributed by atoms with Crippen molar-refractivity contribution in [1.29, 1.82) is 0 Å². The Morgan fingerprint density at radius 2 is 1.80 bits per heavy atom. The molecule has 130 valence electrons. The van der Waals surface area contributed by atoms with E-state index in [9.17, 15) is 0 Å². The fourth-order valence-electron chi connectivity index (χ4n) is 2.71. The van der Waals surface area contributed by atoms with Gasteiger partial charge in [0.2, 0.25) is 0 Å². The van der Waals surface area contributed by atoms with Gasteiger partial charge in [-0.15, -0.1) is 0 Å². The lowest BCUT2D eigenvalue weighted by molar-refractivity contribution is 0.398. The first-order valence-corrected chi connectivity index (χ1v) is 8.12. The Bertz CT molecular complexity index is 850. The highest BCUT2D eigenvalue weighted by atomic mass is 16.5. The molecule has 3 rings (SSSR count). The summed E-state index contributed by atoms with van der Waals surface area (Å²) in [6, 6.07) is 12.1. The van der Waals surface area contributed by atoms with Gasteiger partial charge in [0.25, 0.3) is 0 Å². The summed E-state index contributed by atoms with van der Waals surface area (Å²) in [4.78, 5) is 8.70. The summed E-state index contributed by atoms with van der Waals surface area (Å²) in [6.07, 6.45) is 2.44. The van der Waals surface area contributed by atoms with Crippen LogP contribution >= 0.6 is 0 Å². The summed E-state index contributed by atoms with van der Waals surface area (Å²) in [6.45, 7) is 0.764. The molecule has 3 aromatic rings. The third-order valence-corrected chi connectivity index (χ3v) is 4.08. The van der Waals surface area contributed by atoms with E-state index in [1.807, 2.05) is 19.2 Å². The Balaban J connectivity index is 1.78. The molecule has 1 aromatic heterocycles. The van der Waals surface area contributed by atoms with Gasteiger partial charge in [0.05, 0.1) is 25.1 Å². The van der Waals surface area contributed by atoms with Crippen molar-refractivity contribution in [3.63, 3.8) is 0 Å². The van der Waals surface area contributed by atoms with Crippen LogP contribution in [-0.2, 0) is 6.42 Å². The molecule has 0 spiro atoms. The maximum absolute atomic E-state index is 5.49. The highest BCUT2D eigenvalue weighted by Gasteiger charge is 2.12. The van der Waals surface area contributed by atoms with Crippen molar-refractivity contribution in [1.82, 2.24) is 9.97 Å². The molecule has 0 aliphatic carbocycles. The van der Waals surface area contributed by atoms with Crippen molar-refractivity contribution in [2.24, 2.45) is 0 Å². The summed E-state index contributed by atoms with van der Waals surface area (Å²) in [5.74, 6) is 2.16. The lowest BCUT2D eigenvalue weighted by Gasteiger charge is -2.13. The Morgan fingerprint density at radius 3 is 2.48 bits per heavy atom. The zero-order chi connectivity index (χ0) is 17.6. The standard InChI is InChI=1S/C19H22N4O2/c1-20-14-6-4-13(5-7-14)8-9-21-19-18-16(22-12-23-19)10-15(24-2)11-17(18)25-3/h4-7,10-12,20H,8-9H2,1-3H3,(H,21,22,23). The molecule has 6 nitrogen and oxygen atoms in total. The molecule has 0 unspecified atom stereocenters. The zero-order valence-electron chi connectivity index (χ0n) is 14.7. The van der Waals surface area contributed by atoms with E-state index in [4.69, 9.17) is 9.47 Å². The summed E-state index contributed by atoms with van der Waals surface area (Å²) >= 11 is 0. The van der Waals surface area contributed by atoms with Crippen LogP contribution in [0.1, 0.15) is 5.56 Å². The fraction of sp³-hybridized carbons (Fsp3) is 0.263. The predicted octanol–water partition coefficient (Wildman–Crippen LogP) is 3.34. The van der Waals surface area contributed by atoms with E-state index < -0.39 is 0 Å². The van der Waals surface area contributed by atoms with Gasteiger partial charge >= 0.3 is 0 Å². The number of hydrogen-bond acceptors (Lipinski definition) is 6. The van der Waals surface area contributed by atoms with Gasteiger partial charge in [-0.1, -0.05) is 12.1 Å². The SMILES string of the molecule is CNc1ccc(CCNc2ncnc3cc(OC)cc(OC)c23)cc1. The molecule has 0 saturated carbocycles. The number of rotatable bonds is 7. The average Bonchev–Trinajstić information content (AvgIpc) is 2.67. The lowest BCUT2D eigenvalue weighted by Crippen LogP contribution is -2.07. The van der Waals surface area contributed by atoms with Gasteiger partial charge in [-0.25, -0.2) is 9.97 Å². The fourth-order valence-corrected chi connectivity index (χ4v) is 2.71. The number of nitrogens with zero attached hydrogens (tertiary/aromatic N) is 2. The van der Waals surface area contributed by atoms with Crippen molar-refractivity contribution < 1.29 is 9.47 Å². The molecule has 0 aliphatic heterocycles. The number of ether oxygens (including phenoxy) is 2. The van der Waals surface area contributed by atoms with Crippen LogP contribution in [0.4, 0.5) is 11.5 Å². The molecule has 0 saturated heterocycles. The van der Waals surface area contributed by atoms with Crippen LogP contribution in [0.2, 0.25) is 0 Å². The van der Waals surface area contributed by atoms with Gasteiger partial charge in [-0.2, -0.15) is 0 Å². The quantitative estimate of drug-likeness (QED) is 0.689. The topological polar surface area (TPSA) is 68.3 Å². The molecule has 0 fully saturated rings. The first kappa shape index (κ1) is 16.8. The Morgan fingerprint density at radius 1 is 1.00 bits per heavy atom. The molecule has 0 radical (unpaired) electrons. The third kappa shape index (κ3) is 3.74. The van der Waals surface area contributed by atoms with Gasteiger partial charge in [0.1, 0.15) is 23.6 Å². The number of nitrogens with one attached hydrogen (secondary N) is 2. The van der Waals surface area contributed by atoms with Crippen LogP contribution in [0.25, 0.3) is 10.9 Å². The molecule has 0 aliphatic rings. The van der Waals surface area contributed by atoms with Crippen molar-refractivity contribution in [2.45, 2.75) is 6.42 Å². The molecular formula is C19H22N4O2. The van der Waals surface area contributed by atoms with Gasteiger partial charge in [-0.3, -0.25) is 0 Å².